The molecule has 7 nitrogen and oxygen atoms in total. The molecule has 1 heterocycles. The summed E-state index contributed by atoms with van der Waals surface area (Å²) < 4.78 is 21.1. The molecule has 0 bridgehead atoms. The first-order valence-corrected chi connectivity index (χ1v) is 21.3. The van der Waals surface area contributed by atoms with Crippen molar-refractivity contribution < 1.29 is 29.3 Å². The van der Waals surface area contributed by atoms with Crippen molar-refractivity contribution in [2.75, 3.05) is 19.8 Å². The normalized spacial score (nSPS) is 27.2. The van der Waals surface area contributed by atoms with E-state index in [1.807, 2.05) is 50.7 Å². The maximum Gasteiger partial charge on any atom is 0.230 e. The maximum atomic E-state index is 9.93. The molecule has 2 saturated carbocycles. The van der Waals surface area contributed by atoms with Gasteiger partial charge < -0.3 is 29.3 Å². The highest BCUT2D eigenvalue weighted by atomic mass is 32.2. The van der Waals surface area contributed by atoms with Crippen LogP contribution >= 0.6 is 11.8 Å². The largest absolute Gasteiger partial charge is 0.460 e. The van der Waals surface area contributed by atoms with Gasteiger partial charge in [-0.25, -0.2) is 0 Å². The van der Waals surface area contributed by atoms with Gasteiger partial charge in [-0.1, -0.05) is 73.3 Å². The van der Waals surface area contributed by atoms with Crippen molar-refractivity contribution in [3.05, 3.63) is 90.5 Å². The molecule has 8 heteroatoms. The van der Waals surface area contributed by atoms with Crippen LogP contribution in [0.1, 0.15) is 103 Å². The summed E-state index contributed by atoms with van der Waals surface area (Å²) in [6.07, 6.45) is 15.2. The molecule has 3 aromatic rings. The number of unbranched alkanes of at least 4 members (excludes halogenated alkanes) is 2. The molecule has 3 aromatic carbocycles. The van der Waals surface area contributed by atoms with Crippen molar-refractivity contribution in [1.29, 1.82) is 0 Å². The van der Waals surface area contributed by atoms with Gasteiger partial charge in [-0.2, -0.15) is 0 Å². The van der Waals surface area contributed by atoms with E-state index in [9.17, 15) is 10.2 Å². The van der Waals surface area contributed by atoms with E-state index in [2.05, 4.69) is 61.2 Å². The topological polar surface area (TPSA) is 89.7 Å². The molecule has 54 heavy (non-hydrogen) atoms. The van der Waals surface area contributed by atoms with E-state index in [4.69, 9.17) is 24.2 Å². The number of allylic oxidation sites excluding steroid dienone is 1. The van der Waals surface area contributed by atoms with Gasteiger partial charge in [-0.15, -0.1) is 18.3 Å². The smallest absolute Gasteiger partial charge is 0.230 e. The standard InChI is InChI=1S/C46H59NO6S/c1-5-26-50-46-42(54-36-17-8-9-18-36)30-40(47-53-45(2,3)4)38-28-33(16-10-12-24-48)37(19-11-13-25-49)43(44(38)46)39-29-35(22-23-41(39)52-46)51-34-21-20-31-14-6-7-15-32(31)27-34/h5-7,14-15,20-23,27-29,33,36-37,42-44,48-49H,1,8-13,16-19,24-26,30H2,2-4H3/t33-,37+,42-,43+,44+,46+/m0/s1. The van der Waals surface area contributed by atoms with Gasteiger partial charge in [0.15, 0.2) is 0 Å². The van der Waals surface area contributed by atoms with Crippen molar-refractivity contribution in [2.45, 2.75) is 119 Å². The van der Waals surface area contributed by atoms with Crippen LogP contribution in [0.4, 0.5) is 0 Å². The third-order valence-corrected chi connectivity index (χ3v) is 13.3. The Morgan fingerprint density at radius 3 is 2.39 bits per heavy atom. The molecule has 4 aliphatic rings. The number of hydrogen-bond donors (Lipinski definition) is 2. The zero-order chi connectivity index (χ0) is 37.7. The van der Waals surface area contributed by atoms with E-state index in [0.29, 0.717) is 18.3 Å². The van der Waals surface area contributed by atoms with Gasteiger partial charge in [0.05, 0.1) is 23.5 Å². The lowest BCUT2D eigenvalue weighted by Gasteiger charge is -2.58. The predicted molar refractivity (Wildman–Crippen MR) is 220 cm³/mol. The quantitative estimate of drug-likeness (QED) is 0.0855. The van der Waals surface area contributed by atoms with E-state index in [-0.39, 0.29) is 42.1 Å². The summed E-state index contributed by atoms with van der Waals surface area (Å²) in [5.41, 5.74) is 2.84. The van der Waals surface area contributed by atoms with Crippen LogP contribution in [0, 0.1) is 17.8 Å². The SMILES string of the molecule is C=CCO[C@@]12Oc3ccc(Oc4ccc5ccccc5c4)cc3[C@H]3[C@H](CCCCO)[C@@H](CCCCO)C=C(C(=NOC(C)(C)C)C[C@@H]1SC1CCCC1)[C@H]32. The minimum Gasteiger partial charge on any atom is -0.460 e. The number of ether oxygens (including phenoxy) is 3. The molecular weight excluding hydrogens is 695 g/mol. The van der Waals surface area contributed by atoms with E-state index in [0.717, 1.165) is 78.0 Å². The molecular formula is C46H59NO6S. The van der Waals surface area contributed by atoms with Gasteiger partial charge in [0.1, 0.15) is 22.8 Å². The highest BCUT2D eigenvalue weighted by Gasteiger charge is 2.64. The second-order valence-corrected chi connectivity index (χ2v) is 18.1. The molecule has 0 saturated heterocycles. The monoisotopic (exact) mass is 753 g/mol. The van der Waals surface area contributed by atoms with E-state index < -0.39 is 11.4 Å². The zero-order valence-corrected chi connectivity index (χ0v) is 33.2. The van der Waals surface area contributed by atoms with Crippen molar-refractivity contribution in [3.63, 3.8) is 0 Å². The summed E-state index contributed by atoms with van der Waals surface area (Å²) in [6, 6.07) is 20.9. The van der Waals surface area contributed by atoms with Crippen LogP contribution in [-0.4, -0.2) is 57.6 Å². The van der Waals surface area contributed by atoms with Crippen LogP contribution in [0.2, 0.25) is 0 Å². The first-order chi connectivity index (χ1) is 26.2. The fourth-order valence-corrected chi connectivity index (χ4v) is 11.1. The lowest BCUT2D eigenvalue weighted by molar-refractivity contribution is -0.223. The number of benzene rings is 3. The van der Waals surface area contributed by atoms with Gasteiger partial charge in [-0.05, 0) is 118 Å². The number of oxime groups is 1. The summed E-state index contributed by atoms with van der Waals surface area (Å²) in [5.74, 6) is 1.82. The Labute approximate surface area is 326 Å². The predicted octanol–water partition coefficient (Wildman–Crippen LogP) is 10.7. The number of aliphatic hydroxyl groups excluding tert-OH is 2. The fourth-order valence-electron chi connectivity index (χ4n) is 9.32. The molecule has 0 amide bonds. The van der Waals surface area contributed by atoms with Crippen molar-refractivity contribution >= 4 is 28.2 Å². The summed E-state index contributed by atoms with van der Waals surface area (Å²) in [5, 5.41) is 27.6. The van der Waals surface area contributed by atoms with Crippen LogP contribution in [0.5, 0.6) is 17.2 Å². The Hall–Kier alpha value is -3.30. The summed E-state index contributed by atoms with van der Waals surface area (Å²) in [4.78, 5) is 6.26. The minimum absolute atomic E-state index is 0.0155. The summed E-state index contributed by atoms with van der Waals surface area (Å²) >= 11 is 2.03. The Kier molecular flexibility index (Phi) is 12.4. The number of aliphatic hydroxyl groups is 2. The van der Waals surface area contributed by atoms with E-state index >= 15 is 0 Å². The third kappa shape index (κ3) is 8.42. The zero-order valence-electron chi connectivity index (χ0n) is 32.4. The molecule has 2 N–H and O–H groups in total. The second kappa shape index (κ2) is 17.2. The van der Waals surface area contributed by atoms with Crippen LogP contribution in [0.3, 0.4) is 0 Å². The van der Waals surface area contributed by atoms with Crippen LogP contribution in [0.15, 0.2) is 90.1 Å². The first kappa shape index (κ1) is 39.0. The Morgan fingerprint density at radius 2 is 1.65 bits per heavy atom. The van der Waals surface area contributed by atoms with Gasteiger partial charge in [-0.3, -0.25) is 0 Å². The maximum absolute atomic E-state index is 9.93. The van der Waals surface area contributed by atoms with Gasteiger partial charge in [0.2, 0.25) is 5.79 Å². The lowest BCUT2D eigenvalue weighted by atomic mass is 9.56. The van der Waals surface area contributed by atoms with Crippen molar-refractivity contribution in [3.8, 4) is 17.2 Å². The molecule has 2 fully saturated rings. The second-order valence-electron chi connectivity index (χ2n) is 16.6. The number of nitrogens with zero attached hydrogens (tertiary/aromatic N) is 1. The fraction of sp³-hybridized carbons (Fsp3) is 0.543. The lowest BCUT2D eigenvalue weighted by Crippen LogP contribution is -2.64. The Bertz CT molecular complexity index is 1810. The van der Waals surface area contributed by atoms with Crippen LogP contribution < -0.4 is 9.47 Å². The molecule has 3 aliphatic carbocycles. The average molecular weight is 754 g/mol. The summed E-state index contributed by atoms with van der Waals surface area (Å²) in [7, 11) is 0. The Morgan fingerprint density at radius 1 is 0.926 bits per heavy atom. The molecule has 0 aromatic heterocycles. The van der Waals surface area contributed by atoms with Crippen LogP contribution in [0.25, 0.3) is 10.8 Å². The van der Waals surface area contributed by atoms with Crippen molar-refractivity contribution in [1.82, 2.24) is 0 Å². The first-order valence-electron chi connectivity index (χ1n) is 20.3. The third-order valence-electron chi connectivity index (χ3n) is 11.7. The van der Waals surface area contributed by atoms with E-state index in [1.165, 1.54) is 31.1 Å². The number of fused-ring (bicyclic) bond motifs is 3. The summed E-state index contributed by atoms with van der Waals surface area (Å²) in [6.45, 7) is 10.9. The molecule has 0 unspecified atom stereocenters. The molecule has 290 valence electrons. The van der Waals surface area contributed by atoms with E-state index in [1.54, 1.807) is 0 Å². The van der Waals surface area contributed by atoms with Gasteiger partial charge in [0.25, 0.3) is 0 Å². The number of rotatable bonds is 16. The highest BCUT2D eigenvalue weighted by molar-refractivity contribution is 8.00. The molecule has 0 radical (unpaired) electrons. The number of hydrogen-bond acceptors (Lipinski definition) is 8. The molecule has 6 atom stereocenters. The molecule has 7 rings (SSSR count). The van der Waals surface area contributed by atoms with Crippen molar-refractivity contribution in [2.24, 2.45) is 22.9 Å². The molecule has 0 spiro atoms. The van der Waals surface area contributed by atoms with Gasteiger partial charge in [0, 0.05) is 36.4 Å². The highest BCUT2D eigenvalue weighted by Crippen LogP contribution is 2.63. The average Bonchev–Trinajstić information content (AvgIpc) is 3.68. The van der Waals surface area contributed by atoms with Gasteiger partial charge >= 0.3 is 0 Å². The Balaban J connectivity index is 1.39. The van der Waals surface area contributed by atoms with Crippen LogP contribution in [-0.2, 0) is 9.57 Å². The number of thioether (sulfide) groups is 1. The minimum atomic E-state index is -0.947. The molecule has 1 aliphatic heterocycles.